The van der Waals surface area contributed by atoms with Gasteiger partial charge in [0.05, 0.1) is 18.4 Å². The molecule has 0 fully saturated rings. The van der Waals surface area contributed by atoms with Gasteiger partial charge in [-0.3, -0.25) is 0 Å². The van der Waals surface area contributed by atoms with Gasteiger partial charge in [-0.1, -0.05) is 38.3 Å². The average molecular weight is 367 g/mol. The van der Waals surface area contributed by atoms with Crippen molar-refractivity contribution in [3.05, 3.63) is 48.5 Å². The van der Waals surface area contributed by atoms with Gasteiger partial charge in [0, 0.05) is 0 Å². The first-order chi connectivity index (χ1) is 13.2. The Kier molecular flexibility index (Phi) is 6.82. The number of hydrogen-bond acceptors (Lipinski definition) is 4. The Morgan fingerprint density at radius 3 is 2.26 bits per heavy atom. The molecule has 2 atom stereocenters. The Balaban J connectivity index is 1.60. The highest BCUT2D eigenvalue weighted by atomic mass is 16.5. The van der Waals surface area contributed by atoms with Crippen LogP contribution >= 0.6 is 0 Å². The Hall–Kier alpha value is -2.40. The summed E-state index contributed by atoms with van der Waals surface area (Å²) >= 11 is 0. The van der Waals surface area contributed by atoms with Crippen molar-refractivity contribution in [3.63, 3.8) is 0 Å². The van der Waals surface area contributed by atoms with Crippen molar-refractivity contribution in [1.82, 2.24) is 15.0 Å². The van der Waals surface area contributed by atoms with Crippen LogP contribution in [-0.4, -0.2) is 32.8 Å². The summed E-state index contributed by atoms with van der Waals surface area (Å²) in [5, 5.41) is 18.7. The van der Waals surface area contributed by atoms with Gasteiger partial charge in [-0.15, -0.1) is 10.2 Å². The molecule has 0 radical (unpaired) electrons. The Labute approximate surface area is 161 Å². The van der Waals surface area contributed by atoms with Gasteiger partial charge in [0.25, 0.3) is 0 Å². The number of aliphatic hydroxyl groups is 1. The lowest BCUT2D eigenvalue weighted by atomic mass is 9.96. The second kappa shape index (κ2) is 9.51. The van der Waals surface area contributed by atoms with Crippen molar-refractivity contribution in [1.29, 1.82) is 0 Å². The molecular weight excluding hydrogens is 338 g/mol. The van der Waals surface area contributed by atoms with E-state index in [1.54, 1.807) is 4.80 Å². The molecule has 0 bridgehead atoms. The molecule has 5 nitrogen and oxygen atoms in total. The molecule has 0 aliphatic rings. The van der Waals surface area contributed by atoms with Crippen molar-refractivity contribution in [2.24, 2.45) is 5.92 Å². The lowest BCUT2D eigenvalue weighted by Crippen LogP contribution is -2.17. The van der Waals surface area contributed by atoms with E-state index in [4.69, 9.17) is 4.74 Å². The Bertz CT molecular complexity index is 794. The fourth-order valence-corrected chi connectivity index (χ4v) is 3.30. The third-order valence-corrected chi connectivity index (χ3v) is 4.73. The van der Waals surface area contributed by atoms with Crippen LogP contribution in [0, 0.1) is 5.92 Å². The van der Waals surface area contributed by atoms with Crippen LogP contribution in [0.4, 0.5) is 0 Å². The molecule has 0 spiro atoms. The monoisotopic (exact) mass is 367 g/mol. The number of benzene rings is 2. The molecule has 5 heteroatoms. The summed E-state index contributed by atoms with van der Waals surface area (Å²) in [5.41, 5.74) is 2.67. The van der Waals surface area contributed by atoms with E-state index in [1.165, 1.54) is 19.3 Å². The highest BCUT2D eigenvalue weighted by Gasteiger charge is 2.13. The zero-order chi connectivity index (χ0) is 19.1. The first-order valence-corrected chi connectivity index (χ1v) is 9.89. The molecule has 1 aromatic heterocycles. The maximum absolute atomic E-state index is 9.73. The van der Waals surface area contributed by atoms with E-state index in [2.05, 4.69) is 17.1 Å². The van der Waals surface area contributed by atoms with E-state index >= 15 is 0 Å². The predicted molar refractivity (Wildman–Crippen MR) is 108 cm³/mol. The average Bonchev–Trinajstić information content (AvgIpc) is 3.10. The molecule has 27 heavy (non-hydrogen) atoms. The predicted octanol–water partition coefficient (Wildman–Crippen LogP) is 4.77. The van der Waals surface area contributed by atoms with Gasteiger partial charge >= 0.3 is 0 Å². The highest BCUT2D eigenvalue weighted by Crippen LogP contribution is 2.20. The quantitative estimate of drug-likeness (QED) is 0.525. The van der Waals surface area contributed by atoms with Gasteiger partial charge in [-0.05, 0) is 62.1 Å². The number of ether oxygens (including phenoxy) is 1. The van der Waals surface area contributed by atoms with Gasteiger partial charge in [0.2, 0.25) is 0 Å². The molecule has 3 aromatic rings. The van der Waals surface area contributed by atoms with E-state index in [9.17, 15) is 5.11 Å². The maximum atomic E-state index is 9.73. The van der Waals surface area contributed by atoms with E-state index < -0.39 is 0 Å². The molecule has 1 heterocycles. The third kappa shape index (κ3) is 5.54. The maximum Gasteiger partial charge on any atom is 0.119 e. The molecule has 1 N–H and O–H groups in total. The van der Waals surface area contributed by atoms with Crippen LogP contribution in [0.2, 0.25) is 0 Å². The van der Waals surface area contributed by atoms with Crippen molar-refractivity contribution >= 4 is 11.0 Å². The van der Waals surface area contributed by atoms with E-state index in [-0.39, 0.29) is 6.10 Å². The number of nitrogens with zero attached hydrogens (tertiary/aromatic N) is 3. The lowest BCUT2D eigenvalue weighted by molar-refractivity contribution is 0.130. The molecule has 0 aliphatic carbocycles. The highest BCUT2D eigenvalue weighted by molar-refractivity contribution is 5.73. The smallest absolute Gasteiger partial charge is 0.119 e. The summed E-state index contributed by atoms with van der Waals surface area (Å²) in [5.74, 6) is 1.22. The lowest BCUT2D eigenvalue weighted by Gasteiger charge is -2.19. The summed E-state index contributed by atoms with van der Waals surface area (Å²) < 4.78 is 5.99. The molecule has 0 saturated carbocycles. The van der Waals surface area contributed by atoms with Crippen molar-refractivity contribution in [2.75, 3.05) is 6.61 Å². The molecule has 0 saturated heterocycles. The largest absolute Gasteiger partial charge is 0.493 e. The first-order valence-electron chi connectivity index (χ1n) is 9.89. The van der Waals surface area contributed by atoms with Crippen LogP contribution in [0.5, 0.6) is 5.75 Å². The van der Waals surface area contributed by atoms with Gasteiger partial charge in [-0.2, -0.15) is 4.80 Å². The summed E-state index contributed by atoms with van der Waals surface area (Å²) in [6.07, 6.45) is 5.22. The molecule has 144 valence electrons. The minimum atomic E-state index is -0.289. The summed E-state index contributed by atoms with van der Waals surface area (Å²) in [6, 6.07) is 15.7. The molecule has 0 aliphatic heterocycles. The van der Waals surface area contributed by atoms with Crippen LogP contribution < -0.4 is 4.74 Å². The topological polar surface area (TPSA) is 60.2 Å². The second-order valence-corrected chi connectivity index (χ2v) is 7.23. The standard InChI is InChI=1S/C22H29N3O2/c1-3-4-5-8-18(15-17(2)26)16-27-20-13-11-19(12-14-20)25-23-21-9-6-7-10-22(21)24-25/h6-7,9-14,17-18,26H,3-5,8,15-16H2,1-2H3. The number of rotatable bonds is 10. The number of fused-ring (bicyclic) bond motifs is 1. The minimum Gasteiger partial charge on any atom is -0.493 e. The van der Waals surface area contributed by atoms with Crippen molar-refractivity contribution in [3.8, 4) is 11.4 Å². The summed E-state index contributed by atoms with van der Waals surface area (Å²) in [4.78, 5) is 1.65. The van der Waals surface area contributed by atoms with Gasteiger partial charge < -0.3 is 9.84 Å². The number of aliphatic hydroxyl groups excluding tert-OH is 1. The molecule has 3 rings (SSSR count). The Morgan fingerprint density at radius 2 is 1.67 bits per heavy atom. The fraction of sp³-hybridized carbons (Fsp3) is 0.455. The molecule has 2 aromatic carbocycles. The molecule has 2 unspecified atom stereocenters. The number of unbranched alkanes of at least 4 members (excludes halogenated alkanes) is 2. The fourth-order valence-electron chi connectivity index (χ4n) is 3.30. The van der Waals surface area contributed by atoms with Gasteiger partial charge in [-0.25, -0.2) is 0 Å². The second-order valence-electron chi connectivity index (χ2n) is 7.23. The van der Waals surface area contributed by atoms with Crippen LogP contribution in [0.1, 0.15) is 46.0 Å². The zero-order valence-electron chi connectivity index (χ0n) is 16.2. The summed E-state index contributed by atoms with van der Waals surface area (Å²) in [7, 11) is 0. The number of hydrogen-bond donors (Lipinski definition) is 1. The molecule has 0 amide bonds. The normalized spacial score (nSPS) is 13.6. The van der Waals surface area contributed by atoms with E-state index in [1.807, 2.05) is 55.5 Å². The van der Waals surface area contributed by atoms with Gasteiger partial charge in [0.1, 0.15) is 16.8 Å². The Morgan fingerprint density at radius 1 is 1.00 bits per heavy atom. The molecular formula is C22H29N3O2. The first kappa shape index (κ1) is 19.4. The van der Waals surface area contributed by atoms with Crippen molar-refractivity contribution < 1.29 is 9.84 Å². The van der Waals surface area contributed by atoms with E-state index in [0.717, 1.165) is 35.3 Å². The van der Waals surface area contributed by atoms with E-state index in [0.29, 0.717) is 12.5 Å². The zero-order valence-corrected chi connectivity index (χ0v) is 16.2. The summed E-state index contributed by atoms with van der Waals surface area (Å²) in [6.45, 7) is 4.69. The van der Waals surface area contributed by atoms with Crippen molar-refractivity contribution in [2.45, 2.75) is 52.1 Å². The van der Waals surface area contributed by atoms with Crippen LogP contribution in [0.25, 0.3) is 16.7 Å². The third-order valence-electron chi connectivity index (χ3n) is 4.73. The van der Waals surface area contributed by atoms with Crippen LogP contribution in [0.3, 0.4) is 0 Å². The van der Waals surface area contributed by atoms with Crippen LogP contribution in [-0.2, 0) is 0 Å². The minimum absolute atomic E-state index is 0.289. The SMILES string of the molecule is CCCCCC(COc1ccc(-n2nc3ccccc3n2)cc1)CC(C)O. The number of aromatic nitrogens is 3. The van der Waals surface area contributed by atoms with Crippen LogP contribution in [0.15, 0.2) is 48.5 Å². The van der Waals surface area contributed by atoms with Gasteiger partial charge in [0.15, 0.2) is 0 Å².